The summed E-state index contributed by atoms with van der Waals surface area (Å²) < 4.78 is 5.82. The summed E-state index contributed by atoms with van der Waals surface area (Å²) in [5, 5.41) is 4.82. The summed E-state index contributed by atoms with van der Waals surface area (Å²) in [4.78, 5) is 4.24. The van der Waals surface area contributed by atoms with Gasteiger partial charge in [-0.2, -0.15) is 0 Å². The van der Waals surface area contributed by atoms with Crippen molar-refractivity contribution in [2.45, 2.75) is 6.54 Å². The summed E-state index contributed by atoms with van der Waals surface area (Å²) in [6.07, 6.45) is 3.65. The second kappa shape index (κ2) is 5.03. The lowest BCUT2D eigenvalue weighted by Crippen LogP contribution is -2.05. The molecule has 1 aromatic carbocycles. The molecule has 0 aliphatic carbocycles. The van der Waals surface area contributed by atoms with Crippen LogP contribution < -0.4 is 5.32 Å². The van der Waals surface area contributed by atoms with E-state index >= 15 is 0 Å². The number of furan rings is 1. The lowest BCUT2D eigenvalue weighted by molar-refractivity contribution is 0.631. The Kier molecular flexibility index (Phi) is 3.23. The molecule has 0 spiro atoms. The molecule has 0 radical (unpaired) electrons. The molecule has 0 aliphatic heterocycles. The van der Waals surface area contributed by atoms with Crippen LogP contribution in [0, 0.1) is 0 Å². The highest BCUT2D eigenvalue weighted by atomic mass is 35.5. The van der Waals surface area contributed by atoms with Gasteiger partial charge in [0.2, 0.25) is 0 Å². The van der Waals surface area contributed by atoms with Crippen molar-refractivity contribution in [2.24, 2.45) is 0 Å². The highest BCUT2D eigenvalue weighted by molar-refractivity contribution is 6.31. The van der Waals surface area contributed by atoms with Gasteiger partial charge in [-0.05, 0) is 42.9 Å². The maximum absolute atomic E-state index is 5.98. The summed E-state index contributed by atoms with van der Waals surface area (Å²) in [6.45, 7) is 0.785. The first-order valence-corrected chi connectivity index (χ1v) is 6.42. The average molecular weight is 273 g/mol. The zero-order chi connectivity index (χ0) is 13.2. The van der Waals surface area contributed by atoms with Gasteiger partial charge in [0.25, 0.3) is 0 Å². The van der Waals surface area contributed by atoms with E-state index in [0.717, 1.165) is 34.4 Å². The second-order valence-corrected chi connectivity index (χ2v) is 4.84. The van der Waals surface area contributed by atoms with E-state index in [4.69, 9.17) is 16.0 Å². The monoisotopic (exact) mass is 272 g/mol. The maximum Gasteiger partial charge on any atom is 0.136 e. The predicted octanol–water partition coefficient (Wildman–Crippen LogP) is 3.87. The Balaban J connectivity index is 2.05. The Labute approximate surface area is 116 Å². The number of nitrogens with zero attached hydrogens (tertiary/aromatic N) is 1. The van der Waals surface area contributed by atoms with Gasteiger partial charge in [0.1, 0.15) is 11.3 Å². The van der Waals surface area contributed by atoms with Crippen molar-refractivity contribution in [3.05, 3.63) is 53.3 Å². The largest absolute Gasteiger partial charge is 0.456 e. The molecule has 2 aromatic heterocycles. The van der Waals surface area contributed by atoms with E-state index in [1.54, 1.807) is 6.20 Å². The topological polar surface area (TPSA) is 38.1 Å². The number of aromatic nitrogens is 1. The minimum absolute atomic E-state index is 0.710. The van der Waals surface area contributed by atoms with Crippen molar-refractivity contribution in [1.29, 1.82) is 0 Å². The first kappa shape index (κ1) is 12.2. The van der Waals surface area contributed by atoms with Gasteiger partial charge < -0.3 is 9.73 Å². The van der Waals surface area contributed by atoms with Gasteiger partial charge in [-0.1, -0.05) is 11.6 Å². The molecule has 0 saturated carbocycles. The van der Waals surface area contributed by atoms with Gasteiger partial charge in [-0.3, -0.25) is 4.98 Å². The average Bonchev–Trinajstić information content (AvgIpc) is 2.82. The van der Waals surface area contributed by atoms with Crippen LogP contribution in [0.25, 0.3) is 22.3 Å². The van der Waals surface area contributed by atoms with Gasteiger partial charge in [0, 0.05) is 34.9 Å². The molecule has 19 heavy (non-hydrogen) atoms. The molecular weight excluding hydrogens is 260 g/mol. The Bertz CT molecular complexity index is 721. The van der Waals surface area contributed by atoms with E-state index < -0.39 is 0 Å². The summed E-state index contributed by atoms with van der Waals surface area (Å²) in [5.41, 5.74) is 2.93. The third-order valence-corrected chi connectivity index (χ3v) is 3.17. The minimum atomic E-state index is 0.710. The van der Waals surface area contributed by atoms with Crippen LogP contribution in [0.5, 0.6) is 0 Å². The van der Waals surface area contributed by atoms with Gasteiger partial charge in [0.15, 0.2) is 0 Å². The van der Waals surface area contributed by atoms with Gasteiger partial charge >= 0.3 is 0 Å². The number of pyridine rings is 1. The lowest BCUT2D eigenvalue weighted by Gasteiger charge is -2.01. The van der Waals surface area contributed by atoms with Crippen LogP contribution in [0.15, 0.2) is 47.1 Å². The third kappa shape index (κ3) is 2.48. The Morgan fingerprint density at radius 1 is 1.21 bits per heavy atom. The molecule has 3 rings (SSSR count). The fourth-order valence-electron chi connectivity index (χ4n) is 2.08. The number of fused-ring (bicyclic) bond motifs is 1. The second-order valence-electron chi connectivity index (χ2n) is 4.40. The molecule has 0 aliphatic rings. The fraction of sp³-hybridized carbons (Fsp3) is 0.133. The smallest absolute Gasteiger partial charge is 0.136 e. The Hall–Kier alpha value is -1.84. The zero-order valence-corrected chi connectivity index (χ0v) is 11.2. The van der Waals surface area contributed by atoms with Crippen LogP contribution in [-0.2, 0) is 6.54 Å². The van der Waals surface area contributed by atoms with E-state index in [9.17, 15) is 0 Å². The standard InChI is InChI=1S/C15H13ClN2O/c1-17-7-10-4-12(9-18-8-10)15-6-11-5-13(16)2-3-14(11)19-15/h2-6,8-9,17H,7H2,1H3. The normalized spacial score (nSPS) is 11.1. The van der Waals surface area contributed by atoms with Crippen LogP contribution in [0.1, 0.15) is 5.56 Å². The van der Waals surface area contributed by atoms with Crippen LogP contribution >= 0.6 is 11.6 Å². The summed E-state index contributed by atoms with van der Waals surface area (Å²) in [7, 11) is 1.91. The molecule has 0 bridgehead atoms. The molecule has 3 nitrogen and oxygen atoms in total. The SMILES string of the molecule is CNCc1cncc(-c2cc3cc(Cl)ccc3o2)c1. The van der Waals surface area contributed by atoms with Gasteiger partial charge in [-0.15, -0.1) is 0 Å². The number of nitrogens with one attached hydrogen (secondary N) is 1. The van der Waals surface area contributed by atoms with Gasteiger partial charge in [-0.25, -0.2) is 0 Å². The number of hydrogen-bond donors (Lipinski definition) is 1. The van der Waals surface area contributed by atoms with Crippen molar-refractivity contribution in [1.82, 2.24) is 10.3 Å². The Morgan fingerprint density at radius 2 is 2.11 bits per heavy atom. The maximum atomic E-state index is 5.98. The summed E-state index contributed by atoms with van der Waals surface area (Å²) in [5.74, 6) is 0.808. The quantitative estimate of drug-likeness (QED) is 0.787. The van der Waals surface area contributed by atoms with E-state index in [1.807, 2.05) is 37.5 Å². The molecule has 0 saturated heterocycles. The molecule has 0 fully saturated rings. The zero-order valence-electron chi connectivity index (χ0n) is 10.5. The van der Waals surface area contributed by atoms with Crippen LogP contribution in [-0.4, -0.2) is 12.0 Å². The third-order valence-electron chi connectivity index (χ3n) is 2.94. The number of hydrogen-bond acceptors (Lipinski definition) is 3. The predicted molar refractivity (Wildman–Crippen MR) is 77.2 cm³/mol. The Morgan fingerprint density at radius 3 is 2.95 bits per heavy atom. The van der Waals surface area contributed by atoms with Crippen LogP contribution in [0.3, 0.4) is 0 Å². The van der Waals surface area contributed by atoms with E-state index in [2.05, 4.69) is 16.4 Å². The van der Waals surface area contributed by atoms with Crippen molar-refractivity contribution >= 4 is 22.6 Å². The van der Waals surface area contributed by atoms with Crippen LogP contribution in [0.2, 0.25) is 5.02 Å². The van der Waals surface area contributed by atoms with Crippen LogP contribution in [0.4, 0.5) is 0 Å². The molecule has 0 unspecified atom stereocenters. The number of halogens is 1. The number of benzene rings is 1. The summed E-state index contributed by atoms with van der Waals surface area (Å²) in [6, 6.07) is 9.66. The molecule has 0 atom stereocenters. The highest BCUT2D eigenvalue weighted by Crippen LogP contribution is 2.29. The van der Waals surface area contributed by atoms with Gasteiger partial charge in [0.05, 0.1) is 0 Å². The van der Waals surface area contributed by atoms with E-state index in [-0.39, 0.29) is 0 Å². The van der Waals surface area contributed by atoms with Crippen molar-refractivity contribution in [3.63, 3.8) is 0 Å². The van der Waals surface area contributed by atoms with Crippen molar-refractivity contribution in [2.75, 3.05) is 7.05 Å². The van der Waals surface area contributed by atoms with E-state index in [0.29, 0.717) is 5.02 Å². The molecule has 96 valence electrons. The molecule has 3 aromatic rings. The van der Waals surface area contributed by atoms with Crippen molar-refractivity contribution in [3.8, 4) is 11.3 Å². The molecule has 1 N–H and O–H groups in total. The summed E-state index contributed by atoms with van der Waals surface area (Å²) >= 11 is 5.98. The minimum Gasteiger partial charge on any atom is -0.456 e. The highest BCUT2D eigenvalue weighted by Gasteiger charge is 2.07. The number of rotatable bonds is 3. The molecule has 4 heteroatoms. The van der Waals surface area contributed by atoms with Crippen molar-refractivity contribution < 1.29 is 4.42 Å². The molecule has 2 heterocycles. The first-order chi connectivity index (χ1) is 9.26. The lowest BCUT2D eigenvalue weighted by atomic mass is 10.1. The van der Waals surface area contributed by atoms with E-state index in [1.165, 1.54) is 0 Å². The fourth-order valence-corrected chi connectivity index (χ4v) is 2.26. The first-order valence-electron chi connectivity index (χ1n) is 6.04. The molecular formula is C15H13ClN2O. The molecule has 0 amide bonds.